The van der Waals surface area contributed by atoms with Crippen molar-refractivity contribution < 1.29 is 10.2 Å². The van der Waals surface area contributed by atoms with E-state index in [1.54, 1.807) is 6.20 Å². The van der Waals surface area contributed by atoms with Gasteiger partial charge in [0.1, 0.15) is 5.52 Å². The molecule has 0 amide bonds. The molecule has 162 valence electrons. The zero-order valence-corrected chi connectivity index (χ0v) is 17.9. The van der Waals surface area contributed by atoms with Crippen LogP contribution in [0.1, 0.15) is 78.2 Å². The molecule has 1 aliphatic rings. The first-order valence-corrected chi connectivity index (χ1v) is 10.9. The molecule has 0 spiro atoms. The van der Waals surface area contributed by atoms with Crippen molar-refractivity contribution in [3.05, 3.63) is 6.20 Å². The third-order valence-electron chi connectivity index (χ3n) is 6.20. The Balaban J connectivity index is 1.77. The van der Waals surface area contributed by atoms with Crippen molar-refractivity contribution in [3.63, 3.8) is 0 Å². The molecular formula is C21H36N6O2. The molecule has 0 unspecified atom stereocenters. The summed E-state index contributed by atoms with van der Waals surface area (Å²) in [6.07, 6.45) is 9.26. The number of nitrogens with two attached hydrogens (primary N) is 1. The number of nitrogen functional groups attached to an aromatic ring is 1. The molecule has 8 heteroatoms. The minimum Gasteiger partial charge on any atom is -0.396 e. The number of imidazole rings is 1. The maximum atomic E-state index is 10.2. The van der Waals surface area contributed by atoms with Crippen LogP contribution in [0.5, 0.6) is 0 Å². The lowest BCUT2D eigenvalue weighted by atomic mass is 9.77. The van der Waals surface area contributed by atoms with Crippen LogP contribution in [-0.2, 0) is 0 Å². The van der Waals surface area contributed by atoms with Gasteiger partial charge in [-0.1, -0.05) is 13.3 Å². The van der Waals surface area contributed by atoms with Crippen molar-refractivity contribution in [1.82, 2.24) is 19.5 Å². The third kappa shape index (κ3) is 5.17. The SMILES string of the molecule is CCC[C@H](CCCO)n1c(N)nc2cnc(NC3CCC(C(C)(C)O)CC3)nc21. The van der Waals surface area contributed by atoms with E-state index in [4.69, 9.17) is 10.7 Å². The first-order chi connectivity index (χ1) is 13.8. The van der Waals surface area contributed by atoms with Crippen molar-refractivity contribution in [1.29, 1.82) is 0 Å². The van der Waals surface area contributed by atoms with Gasteiger partial charge in [0.25, 0.3) is 0 Å². The predicted molar refractivity (Wildman–Crippen MR) is 116 cm³/mol. The highest BCUT2D eigenvalue weighted by molar-refractivity contribution is 5.74. The Morgan fingerprint density at radius 3 is 2.59 bits per heavy atom. The van der Waals surface area contributed by atoms with Crippen LogP contribution in [0, 0.1) is 5.92 Å². The second-order valence-electron chi connectivity index (χ2n) is 8.90. The van der Waals surface area contributed by atoms with Crippen LogP contribution < -0.4 is 11.1 Å². The molecule has 0 radical (unpaired) electrons. The summed E-state index contributed by atoms with van der Waals surface area (Å²) >= 11 is 0. The largest absolute Gasteiger partial charge is 0.396 e. The smallest absolute Gasteiger partial charge is 0.224 e. The molecule has 2 aromatic rings. The average molecular weight is 405 g/mol. The van der Waals surface area contributed by atoms with E-state index in [0.29, 0.717) is 29.4 Å². The Labute approximate surface area is 173 Å². The number of fused-ring (bicyclic) bond motifs is 1. The molecular weight excluding hydrogens is 368 g/mol. The number of aromatic nitrogens is 4. The number of rotatable bonds is 9. The number of aliphatic hydroxyl groups is 2. The van der Waals surface area contributed by atoms with Crippen molar-refractivity contribution in [3.8, 4) is 0 Å². The first kappa shape index (κ1) is 21.8. The van der Waals surface area contributed by atoms with E-state index in [0.717, 1.165) is 57.0 Å². The van der Waals surface area contributed by atoms with Crippen LogP contribution >= 0.6 is 0 Å². The third-order valence-corrected chi connectivity index (χ3v) is 6.20. The Bertz CT molecular complexity index is 792. The van der Waals surface area contributed by atoms with Gasteiger partial charge in [-0.25, -0.2) is 9.97 Å². The Kier molecular flexibility index (Phi) is 6.95. The van der Waals surface area contributed by atoms with Gasteiger partial charge in [-0.15, -0.1) is 0 Å². The van der Waals surface area contributed by atoms with Gasteiger partial charge in [-0.3, -0.25) is 4.57 Å². The molecule has 2 heterocycles. The fraction of sp³-hybridized carbons (Fsp3) is 0.762. The van der Waals surface area contributed by atoms with E-state index >= 15 is 0 Å². The summed E-state index contributed by atoms with van der Waals surface area (Å²) in [6, 6.07) is 0.475. The molecule has 1 atom stereocenters. The predicted octanol–water partition coefficient (Wildman–Crippen LogP) is 3.26. The fourth-order valence-electron chi connectivity index (χ4n) is 4.53. The van der Waals surface area contributed by atoms with E-state index in [1.165, 1.54) is 0 Å². The van der Waals surface area contributed by atoms with Crippen LogP contribution in [-0.4, -0.2) is 48.0 Å². The minimum absolute atomic E-state index is 0.169. The van der Waals surface area contributed by atoms with Gasteiger partial charge in [0.15, 0.2) is 5.65 Å². The molecule has 0 aromatic carbocycles. The van der Waals surface area contributed by atoms with Gasteiger partial charge < -0.3 is 21.3 Å². The molecule has 3 rings (SSSR count). The van der Waals surface area contributed by atoms with E-state index in [1.807, 2.05) is 18.4 Å². The summed E-state index contributed by atoms with van der Waals surface area (Å²) in [7, 11) is 0. The highest BCUT2D eigenvalue weighted by Gasteiger charge is 2.31. The monoisotopic (exact) mass is 404 g/mol. The minimum atomic E-state index is -0.618. The summed E-state index contributed by atoms with van der Waals surface area (Å²) in [5.74, 6) is 1.39. The number of hydrogen-bond acceptors (Lipinski definition) is 7. The molecule has 0 aliphatic heterocycles. The van der Waals surface area contributed by atoms with Gasteiger partial charge in [-0.2, -0.15) is 4.98 Å². The molecule has 29 heavy (non-hydrogen) atoms. The molecule has 1 aliphatic carbocycles. The molecule has 0 bridgehead atoms. The van der Waals surface area contributed by atoms with Gasteiger partial charge in [-0.05, 0) is 64.7 Å². The first-order valence-electron chi connectivity index (χ1n) is 10.9. The highest BCUT2D eigenvalue weighted by atomic mass is 16.3. The van der Waals surface area contributed by atoms with E-state index in [2.05, 4.69) is 22.2 Å². The van der Waals surface area contributed by atoms with Crippen molar-refractivity contribution in [2.75, 3.05) is 17.7 Å². The van der Waals surface area contributed by atoms with Crippen molar-refractivity contribution >= 4 is 23.1 Å². The number of anilines is 2. The van der Waals surface area contributed by atoms with Gasteiger partial charge in [0.2, 0.25) is 11.9 Å². The lowest BCUT2D eigenvalue weighted by Gasteiger charge is -2.36. The number of nitrogens with zero attached hydrogens (tertiary/aromatic N) is 4. The molecule has 1 fully saturated rings. The average Bonchev–Trinajstić information content (AvgIpc) is 3.00. The number of hydrogen-bond donors (Lipinski definition) is 4. The van der Waals surface area contributed by atoms with Crippen molar-refractivity contribution in [2.24, 2.45) is 5.92 Å². The van der Waals surface area contributed by atoms with Gasteiger partial charge in [0, 0.05) is 18.7 Å². The maximum Gasteiger partial charge on any atom is 0.224 e. The standard InChI is InChI=1S/C21H36N6O2/c1-4-6-16(7-5-12-28)27-18-17(25-19(27)22)13-23-20(26-18)24-15-10-8-14(9-11-15)21(2,3)29/h13-16,28-29H,4-12H2,1-3H3,(H2,22,25)(H,23,24,26)/t14?,15?,16-/m1/s1. The van der Waals surface area contributed by atoms with Gasteiger partial charge in [0.05, 0.1) is 11.8 Å². The summed E-state index contributed by atoms with van der Waals surface area (Å²) in [4.78, 5) is 13.7. The van der Waals surface area contributed by atoms with E-state index in [-0.39, 0.29) is 12.6 Å². The van der Waals surface area contributed by atoms with Gasteiger partial charge >= 0.3 is 0 Å². The normalized spacial score (nSPS) is 21.4. The Hall–Kier alpha value is -1.93. The molecule has 0 saturated heterocycles. The van der Waals surface area contributed by atoms with Crippen LogP contribution in [0.4, 0.5) is 11.9 Å². The molecule has 1 saturated carbocycles. The summed E-state index contributed by atoms with van der Waals surface area (Å²) in [5, 5.41) is 23.0. The second-order valence-corrected chi connectivity index (χ2v) is 8.90. The van der Waals surface area contributed by atoms with E-state index in [9.17, 15) is 10.2 Å². The molecule has 5 N–H and O–H groups in total. The topological polar surface area (TPSA) is 122 Å². The Morgan fingerprint density at radius 1 is 1.24 bits per heavy atom. The number of nitrogens with one attached hydrogen (secondary N) is 1. The van der Waals surface area contributed by atoms with Crippen LogP contribution in [0.2, 0.25) is 0 Å². The maximum absolute atomic E-state index is 10.2. The summed E-state index contributed by atoms with van der Waals surface area (Å²) < 4.78 is 2.01. The molecule has 8 nitrogen and oxygen atoms in total. The zero-order chi connectivity index (χ0) is 21.0. The van der Waals surface area contributed by atoms with Crippen LogP contribution in [0.25, 0.3) is 11.2 Å². The zero-order valence-electron chi connectivity index (χ0n) is 17.9. The van der Waals surface area contributed by atoms with E-state index < -0.39 is 5.60 Å². The second kappa shape index (κ2) is 9.26. The lowest BCUT2D eigenvalue weighted by Crippen LogP contribution is -2.37. The van der Waals surface area contributed by atoms with Crippen LogP contribution in [0.3, 0.4) is 0 Å². The quantitative estimate of drug-likeness (QED) is 0.506. The fourth-order valence-corrected chi connectivity index (χ4v) is 4.53. The Morgan fingerprint density at radius 2 is 1.97 bits per heavy atom. The van der Waals surface area contributed by atoms with Crippen molar-refractivity contribution in [2.45, 2.75) is 89.8 Å². The van der Waals surface area contributed by atoms with Crippen LogP contribution in [0.15, 0.2) is 6.20 Å². The number of aliphatic hydroxyl groups excluding tert-OH is 1. The highest BCUT2D eigenvalue weighted by Crippen LogP contribution is 2.34. The lowest BCUT2D eigenvalue weighted by molar-refractivity contribution is -0.000413. The summed E-state index contributed by atoms with van der Waals surface area (Å²) in [5.41, 5.74) is 7.06. The molecule has 2 aromatic heterocycles. The summed E-state index contributed by atoms with van der Waals surface area (Å²) in [6.45, 7) is 6.12.